The second-order valence-electron chi connectivity index (χ2n) is 3.19. The summed E-state index contributed by atoms with van der Waals surface area (Å²) in [7, 11) is 0. The van der Waals surface area contributed by atoms with Crippen molar-refractivity contribution in [2.75, 3.05) is 12.9 Å². The molecule has 0 fully saturated rings. The van der Waals surface area contributed by atoms with Crippen molar-refractivity contribution >= 4 is 17.7 Å². The molecule has 5 heteroatoms. The van der Waals surface area contributed by atoms with Gasteiger partial charge in [-0.15, -0.1) is 0 Å². The average molecular weight is 240 g/mol. The fraction of sp³-hybridized carbons (Fsp3) is 0.545. The van der Waals surface area contributed by atoms with Crippen molar-refractivity contribution in [3.8, 4) is 0 Å². The predicted octanol–water partition coefficient (Wildman–Crippen LogP) is 2.33. The zero-order valence-electron chi connectivity index (χ0n) is 9.82. The highest BCUT2D eigenvalue weighted by Gasteiger charge is 2.14. The highest BCUT2D eigenvalue weighted by molar-refractivity contribution is 7.98. The summed E-state index contributed by atoms with van der Waals surface area (Å²) < 4.78 is 4.96. The maximum Gasteiger partial charge on any atom is 0.341 e. The van der Waals surface area contributed by atoms with Gasteiger partial charge in [-0.05, 0) is 19.6 Å². The first-order chi connectivity index (χ1) is 7.72. The molecule has 4 nitrogen and oxygen atoms in total. The van der Waals surface area contributed by atoms with Crippen LogP contribution in [0, 0.1) is 0 Å². The molecular formula is C11H16N2O2S. The zero-order valence-corrected chi connectivity index (χ0v) is 10.6. The fourth-order valence-corrected chi connectivity index (χ4v) is 1.66. The Labute approximate surface area is 99.8 Å². The quantitative estimate of drug-likeness (QED) is 0.449. The third kappa shape index (κ3) is 3.20. The lowest BCUT2D eigenvalue weighted by Gasteiger charge is -2.07. The topological polar surface area (TPSA) is 52.1 Å². The molecule has 0 aliphatic carbocycles. The van der Waals surface area contributed by atoms with Gasteiger partial charge < -0.3 is 4.74 Å². The van der Waals surface area contributed by atoms with Crippen molar-refractivity contribution in [1.29, 1.82) is 0 Å². The van der Waals surface area contributed by atoms with Crippen LogP contribution in [-0.2, 0) is 11.2 Å². The molecule has 0 aliphatic rings. The molecular weight excluding hydrogens is 224 g/mol. The number of thioether (sulfide) groups is 1. The first kappa shape index (κ1) is 13.0. The van der Waals surface area contributed by atoms with E-state index in [0.29, 0.717) is 17.3 Å². The summed E-state index contributed by atoms with van der Waals surface area (Å²) in [5.74, 6) is -0.335. The van der Waals surface area contributed by atoms with Crippen LogP contribution >= 0.6 is 11.8 Å². The Hall–Kier alpha value is -1.10. The van der Waals surface area contributed by atoms with E-state index in [1.807, 2.05) is 6.26 Å². The minimum Gasteiger partial charge on any atom is -0.462 e. The lowest BCUT2D eigenvalue weighted by atomic mass is 10.1. The monoisotopic (exact) mass is 240 g/mol. The number of aryl methyl sites for hydroxylation is 1. The van der Waals surface area contributed by atoms with Gasteiger partial charge in [-0.3, -0.25) is 0 Å². The number of nitrogens with zero attached hydrogens (tertiary/aromatic N) is 2. The normalized spacial score (nSPS) is 10.2. The largest absolute Gasteiger partial charge is 0.462 e. The van der Waals surface area contributed by atoms with Gasteiger partial charge in [0.25, 0.3) is 0 Å². The van der Waals surface area contributed by atoms with E-state index < -0.39 is 0 Å². The van der Waals surface area contributed by atoms with Crippen LogP contribution in [0.3, 0.4) is 0 Å². The SMILES string of the molecule is CCCc1nc(SC)ncc1C(=O)OCC. The lowest BCUT2D eigenvalue weighted by Crippen LogP contribution is -2.11. The van der Waals surface area contributed by atoms with E-state index in [2.05, 4.69) is 16.9 Å². The summed E-state index contributed by atoms with van der Waals surface area (Å²) in [4.78, 5) is 20.1. The summed E-state index contributed by atoms with van der Waals surface area (Å²) in [6, 6.07) is 0. The molecule has 0 aromatic carbocycles. The maximum atomic E-state index is 11.6. The van der Waals surface area contributed by atoms with E-state index in [1.54, 1.807) is 13.1 Å². The molecule has 88 valence electrons. The van der Waals surface area contributed by atoms with Gasteiger partial charge in [-0.1, -0.05) is 25.1 Å². The van der Waals surface area contributed by atoms with Gasteiger partial charge >= 0.3 is 5.97 Å². The molecule has 0 saturated carbocycles. The second kappa shape index (κ2) is 6.48. The summed E-state index contributed by atoms with van der Waals surface area (Å²) >= 11 is 1.47. The maximum absolute atomic E-state index is 11.6. The van der Waals surface area contributed by atoms with Gasteiger partial charge in [0.15, 0.2) is 5.16 Å². The average Bonchev–Trinajstić information content (AvgIpc) is 2.29. The third-order valence-electron chi connectivity index (χ3n) is 2.01. The minimum absolute atomic E-state index is 0.335. The Morgan fingerprint density at radius 3 is 2.81 bits per heavy atom. The van der Waals surface area contributed by atoms with E-state index in [1.165, 1.54) is 11.8 Å². The molecule has 0 amide bonds. The fourth-order valence-electron chi connectivity index (χ4n) is 1.30. The summed E-state index contributed by atoms with van der Waals surface area (Å²) in [5.41, 5.74) is 1.27. The van der Waals surface area contributed by atoms with Gasteiger partial charge in [-0.25, -0.2) is 14.8 Å². The molecule has 0 bridgehead atoms. The van der Waals surface area contributed by atoms with Crippen molar-refractivity contribution in [3.63, 3.8) is 0 Å². The van der Waals surface area contributed by atoms with Crippen molar-refractivity contribution in [2.45, 2.75) is 31.8 Å². The smallest absolute Gasteiger partial charge is 0.341 e. The van der Waals surface area contributed by atoms with Gasteiger partial charge in [0.1, 0.15) is 0 Å². The minimum atomic E-state index is -0.335. The number of carbonyl (C=O) groups is 1. The molecule has 0 saturated heterocycles. The number of rotatable bonds is 5. The Kier molecular flexibility index (Phi) is 5.25. The Morgan fingerprint density at radius 2 is 2.25 bits per heavy atom. The molecule has 1 rings (SSSR count). The van der Waals surface area contributed by atoms with E-state index in [0.717, 1.165) is 18.5 Å². The van der Waals surface area contributed by atoms with Gasteiger partial charge in [0.2, 0.25) is 0 Å². The molecule has 0 spiro atoms. The number of esters is 1. The molecule has 1 aromatic heterocycles. The van der Waals surface area contributed by atoms with Crippen LogP contribution in [0.5, 0.6) is 0 Å². The second-order valence-corrected chi connectivity index (χ2v) is 3.96. The molecule has 0 radical (unpaired) electrons. The summed E-state index contributed by atoms with van der Waals surface area (Å²) in [5, 5.41) is 0.691. The Morgan fingerprint density at radius 1 is 1.50 bits per heavy atom. The lowest BCUT2D eigenvalue weighted by molar-refractivity contribution is 0.0523. The molecule has 0 atom stereocenters. The highest BCUT2D eigenvalue weighted by Crippen LogP contribution is 2.14. The van der Waals surface area contributed by atoms with Crippen molar-refractivity contribution in [3.05, 3.63) is 17.5 Å². The number of hydrogen-bond acceptors (Lipinski definition) is 5. The summed E-state index contributed by atoms with van der Waals surface area (Å²) in [6.45, 7) is 4.21. The predicted molar refractivity (Wildman–Crippen MR) is 63.8 cm³/mol. The van der Waals surface area contributed by atoms with Gasteiger partial charge in [0.05, 0.1) is 17.9 Å². The molecule has 1 heterocycles. The van der Waals surface area contributed by atoms with Crippen molar-refractivity contribution in [2.24, 2.45) is 0 Å². The summed E-state index contributed by atoms with van der Waals surface area (Å²) in [6.07, 6.45) is 5.18. The van der Waals surface area contributed by atoms with Crippen LogP contribution in [-0.4, -0.2) is 28.8 Å². The van der Waals surface area contributed by atoms with Crippen LogP contribution < -0.4 is 0 Å². The first-order valence-corrected chi connectivity index (χ1v) is 6.52. The van der Waals surface area contributed by atoms with Crippen LogP contribution in [0.1, 0.15) is 36.3 Å². The van der Waals surface area contributed by atoms with E-state index >= 15 is 0 Å². The Bertz CT molecular complexity index is 369. The zero-order chi connectivity index (χ0) is 12.0. The van der Waals surface area contributed by atoms with Crippen LogP contribution in [0.15, 0.2) is 11.4 Å². The van der Waals surface area contributed by atoms with E-state index in [-0.39, 0.29) is 5.97 Å². The highest BCUT2D eigenvalue weighted by atomic mass is 32.2. The number of aromatic nitrogens is 2. The number of hydrogen-bond donors (Lipinski definition) is 0. The number of ether oxygens (including phenoxy) is 1. The molecule has 0 N–H and O–H groups in total. The van der Waals surface area contributed by atoms with Crippen LogP contribution in [0.25, 0.3) is 0 Å². The van der Waals surface area contributed by atoms with Gasteiger partial charge in [0, 0.05) is 6.20 Å². The van der Waals surface area contributed by atoms with Crippen LogP contribution in [0.4, 0.5) is 0 Å². The molecule has 0 unspecified atom stereocenters. The molecule has 16 heavy (non-hydrogen) atoms. The van der Waals surface area contributed by atoms with Crippen LogP contribution in [0.2, 0.25) is 0 Å². The van der Waals surface area contributed by atoms with Crippen molar-refractivity contribution < 1.29 is 9.53 Å². The number of carbonyl (C=O) groups excluding carboxylic acids is 1. The first-order valence-electron chi connectivity index (χ1n) is 5.29. The van der Waals surface area contributed by atoms with Crippen molar-refractivity contribution in [1.82, 2.24) is 9.97 Å². The standard InChI is InChI=1S/C11H16N2O2S/c1-4-6-9-8(10(14)15-5-2)7-12-11(13-9)16-3/h7H,4-6H2,1-3H3. The van der Waals surface area contributed by atoms with Gasteiger partial charge in [-0.2, -0.15) is 0 Å². The molecule has 1 aromatic rings. The van der Waals surface area contributed by atoms with E-state index in [9.17, 15) is 4.79 Å². The van der Waals surface area contributed by atoms with E-state index in [4.69, 9.17) is 4.74 Å². The Balaban J connectivity index is 3.01. The molecule has 0 aliphatic heterocycles. The third-order valence-corrected chi connectivity index (χ3v) is 2.57.